The van der Waals surface area contributed by atoms with Gasteiger partial charge in [0.05, 0.1) is 6.54 Å². The lowest BCUT2D eigenvalue weighted by Gasteiger charge is -2.26. The van der Waals surface area contributed by atoms with Gasteiger partial charge in [0, 0.05) is 12.0 Å². The molecule has 1 saturated heterocycles. The zero-order valence-electron chi connectivity index (χ0n) is 10.8. The van der Waals surface area contributed by atoms with E-state index in [2.05, 4.69) is 5.32 Å². The number of hydrogen-bond acceptors (Lipinski definition) is 2. The van der Waals surface area contributed by atoms with Crippen LogP contribution in [-0.4, -0.2) is 23.4 Å². The summed E-state index contributed by atoms with van der Waals surface area (Å²) in [7, 11) is 0. The van der Waals surface area contributed by atoms with Crippen molar-refractivity contribution in [1.29, 1.82) is 0 Å². The number of amides is 3. The summed E-state index contributed by atoms with van der Waals surface area (Å²) in [4.78, 5) is 25.6. The molecule has 0 saturated carbocycles. The lowest BCUT2D eigenvalue weighted by Crippen LogP contribution is -2.44. The average molecular weight is 246 g/mol. The molecule has 0 aliphatic carbocycles. The topological polar surface area (TPSA) is 49.4 Å². The van der Waals surface area contributed by atoms with Crippen LogP contribution in [0.5, 0.6) is 0 Å². The molecule has 0 spiro atoms. The van der Waals surface area contributed by atoms with Crippen molar-refractivity contribution in [3.8, 4) is 0 Å². The van der Waals surface area contributed by atoms with Gasteiger partial charge in [-0.15, -0.1) is 0 Å². The molecule has 4 heteroatoms. The molecule has 0 aromatic heterocycles. The van der Waals surface area contributed by atoms with E-state index in [4.69, 9.17) is 0 Å². The normalized spacial score (nSPS) is 19.3. The number of carbonyl (C=O) groups excluding carboxylic acids is 2. The molecule has 1 aromatic carbocycles. The summed E-state index contributed by atoms with van der Waals surface area (Å²) in [6, 6.07) is 9.25. The van der Waals surface area contributed by atoms with Gasteiger partial charge in [0.25, 0.3) is 0 Å². The Bertz CT molecular complexity index is 454. The number of imide groups is 1. The summed E-state index contributed by atoms with van der Waals surface area (Å²) < 4.78 is 0. The maximum absolute atomic E-state index is 12.3. The second kappa shape index (κ2) is 4.80. The van der Waals surface area contributed by atoms with Crippen LogP contribution >= 0.6 is 0 Å². The molecule has 0 unspecified atom stereocenters. The molecule has 96 valence electrons. The molecule has 1 aliphatic rings. The first-order chi connectivity index (χ1) is 8.50. The van der Waals surface area contributed by atoms with E-state index in [9.17, 15) is 9.59 Å². The largest absolute Gasteiger partial charge is 0.338 e. The monoisotopic (exact) mass is 246 g/mol. The third-order valence-electron chi connectivity index (χ3n) is 3.28. The SMILES string of the molecule is CC1(C)CCNC(=O)N(Cc2ccccc2)C1=O. The third-order valence-corrected chi connectivity index (χ3v) is 3.28. The van der Waals surface area contributed by atoms with Crippen molar-refractivity contribution >= 4 is 11.9 Å². The first-order valence-corrected chi connectivity index (χ1v) is 6.14. The third kappa shape index (κ3) is 2.53. The van der Waals surface area contributed by atoms with Crippen molar-refractivity contribution in [2.75, 3.05) is 6.54 Å². The summed E-state index contributed by atoms with van der Waals surface area (Å²) in [6.45, 7) is 4.64. The molecule has 1 fully saturated rings. The van der Waals surface area contributed by atoms with E-state index in [0.717, 1.165) is 5.56 Å². The quantitative estimate of drug-likeness (QED) is 0.869. The van der Waals surface area contributed by atoms with Crippen molar-refractivity contribution in [2.24, 2.45) is 5.41 Å². The highest BCUT2D eigenvalue weighted by atomic mass is 16.2. The number of nitrogens with one attached hydrogen (secondary N) is 1. The Hall–Kier alpha value is -1.84. The van der Waals surface area contributed by atoms with E-state index >= 15 is 0 Å². The fourth-order valence-electron chi connectivity index (χ4n) is 2.05. The second-order valence-corrected chi connectivity index (χ2v) is 5.24. The van der Waals surface area contributed by atoms with Crippen molar-refractivity contribution in [3.63, 3.8) is 0 Å². The molecular weight excluding hydrogens is 228 g/mol. The Kier molecular flexibility index (Phi) is 3.36. The van der Waals surface area contributed by atoms with Crippen LogP contribution < -0.4 is 5.32 Å². The molecule has 2 rings (SSSR count). The molecule has 1 heterocycles. The van der Waals surface area contributed by atoms with Gasteiger partial charge < -0.3 is 5.32 Å². The van der Waals surface area contributed by atoms with E-state index in [1.807, 2.05) is 44.2 Å². The molecule has 1 aliphatic heterocycles. The van der Waals surface area contributed by atoms with E-state index in [0.29, 0.717) is 19.5 Å². The first-order valence-electron chi connectivity index (χ1n) is 6.14. The smallest absolute Gasteiger partial charge is 0.324 e. The molecule has 3 amide bonds. The van der Waals surface area contributed by atoms with Crippen LogP contribution in [0, 0.1) is 5.41 Å². The zero-order valence-corrected chi connectivity index (χ0v) is 10.8. The molecular formula is C14H18N2O2. The highest BCUT2D eigenvalue weighted by Crippen LogP contribution is 2.26. The lowest BCUT2D eigenvalue weighted by molar-refractivity contribution is -0.137. The van der Waals surface area contributed by atoms with Gasteiger partial charge in [-0.2, -0.15) is 0 Å². The van der Waals surface area contributed by atoms with Crippen LogP contribution in [0.3, 0.4) is 0 Å². The Morgan fingerprint density at radius 2 is 1.89 bits per heavy atom. The van der Waals surface area contributed by atoms with Gasteiger partial charge in [-0.3, -0.25) is 9.69 Å². The first kappa shape index (κ1) is 12.6. The van der Waals surface area contributed by atoms with E-state index < -0.39 is 5.41 Å². The van der Waals surface area contributed by atoms with Crippen LogP contribution in [0.15, 0.2) is 30.3 Å². The van der Waals surface area contributed by atoms with E-state index in [-0.39, 0.29) is 11.9 Å². The lowest BCUT2D eigenvalue weighted by atomic mass is 9.88. The van der Waals surface area contributed by atoms with Crippen molar-refractivity contribution in [2.45, 2.75) is 26.8 Å². The van der Waals surface area contributed by atoms with Gasteiger partial charge in [0.1, 0.15) is 0 Å². The zero-order chi connectivity index (χ0) is 13.2. The minimum absolute atomic E-state index is 0.110. The van der Waals surface area contributed by atoms with Crippen LogP contribution in [0.2, 0.25) is 0 Å². The predicted molar refractivity (Wildman–Crippen MR) is 68.8 cm³/mol. The van der Waals surface area contributed by atoms with Crippen LogP contribution in [0.1, 0.15) is 25.8 Å². The number of nitrogens with zero attached hydrogens (tertiary/aromatic N) is 1. The number of benzene rings is 1. The van der Waals surface area contributed by atoms with Crippen LogP contribution in [0.25, 0.3) is 0 Å². The summed E-state index contributed by atoms with van der Waals surface area (Å²) in [5, 5.41) is 2.77. The molecule has 1 aromatic rings. The van der Waals surface area contributed by atoms with Crippen LogP contribution in [-0.2, 0) is 11.3 Å². The summed E-state index contributed by atoms with van der Waals surface area (Å²) in [6.07, 6.45) is 0.670. The molecule has 18 heavy (non-hydrogen) atoms. The van der Waals surface area contributed by atoms with Crippen molar-refractivity contribution < 1.29 is 9.59 Å². The van der Waals surface area contributed by atoms with E-state index in [1.165, 1.54) is 4.90 Å². The number of urea groups is 1. The number of rotatable bonds is 2. The maximum atomic E-state index is 12.3. The highest BCUT2D eigenvalue weighted by Gasteiger charge is 2.37. The Morgan fingerprint density at radius 3 is 2.56 bits per heavy atom. The standard InChI is InChI=1S/C14H18N2O2/c1-14(2)8-9-15-13(18)16(12(14)17)10-11-6-4-3-5-7-11/h3-7H,8-10H2,1-2H3,(H,15,18). The molecule has 1 N–H and O–H groups in total. The molecule has 4 nitrogen and oxygen atoms in total. The summed E-state index contributed by atoms with van der Waals surface area (Å²) >= 11 is 0. The minimum atomic E-state index is -0.492. The van der Waals surface area contributed by atoms with Gasteiger partial charge in [0.2, 0.25) is 5.91 Å². The van der Waals surface area contributed by atoms with Crippen molar-refractivity contribution in [3.05, 3.63) is 35.9 Å². The Balaban J connectivity index is 2.23. The van der Waals surface area contributed by atoms with E-state index in [1.54, 1.807) is 0 Å². The molecule has 0 atom stereocenters. The van der Waals surface area contributed by atoms with Gasteiger partial charge in [0.15, 0.2) is 0 Å². The summed E-state index contributed by atoms with van der Waals surface area (Å²) in [5.41, 5.74) is 0.465. The fourth-order valence-corrected chi connectivity index (χ4v) is 2.05. The fraction of sp³-hybridized carbons (Fsp3) is 0.429. The number of carbonyl (C=O) groups is 2. The minimum Gasteiger partial charge on any atom is -0.338 e. The predicted octanol–water partition coefficient (Wildman–Crippen LogP) is 2.15. The Labute approximate surface area is 107 Å². The maximum Gasteiger partial charge on any atom is 0.324 e. The van der Waals surface area contributed by atoms with Gasteiger partial charge >= 0.3 is 6.03 Å². The van der Waals surface area contributed by atoms with Gasteiger partial charge in [-0.05, 0) is 12.0 Å². The number of hydrogen-bond donors (Lipinski definition) is 1. The van der Waals surface area contributed by atoms with Crippen LogP contribution in [0.4, 0.5) is 4.79 Å². The van der Waals surface area contributed by atoms with Crippen molar-refractivity contribution in [1.82, 2.24) is 10.2 Å². The highest BCUT2D eigenvalue weighted by molar-refractivity contribution is 5.97. The second-order valence-electron chi connectivity index (χ2n) is 5.24. The Morgan fingerprint density at radius 1 is 1.22 bits per heavy atom. The molecule has 0 bridgehead atoms. The van der Waals surface area contributed by atoms with Gasteiger partial charge in [-0.1, -0.05) is 44.2 Å². The summed E-state index contributed by atoms with van der Waals surface area (Å²) in [5.74, 6) is -0.110. The average Bonchev–Trinajstić information content (AvgIpc) is 2.43. The molecule has 0 radical (unpaired) electrons. The van der Waals surface area contributed by atoms with Gasteiger partial charge in [-0.25, -0.2) is 4.79 Å².